The summed E-state index contributed by atoms with van der Waals surface area (Å²) in [5, 5.41) is 11.8. The number of nitrogens with zero attached hydrogens (tertiary/aromatic N) is 2. The van der Waals surface area contributed by atoms with Crippen molar-refractivity contribution in [1.82, 2.24) is 4.90 Å². The van der Waals surface area contributed by atoms with Crippen LogP contribution in [0.15, 0.2) is 22.6 Å². The molecule has 0 N–H and O–H groups in total. The molecular formula is C14H16N2O3. The molecule has 1 aromatic heterocycles. The highest BCUT2D eigenvalue weighted by Crippen LogP contribution is 2.42. The van der Waals surface area contributed by atoms with Crippen LogP contribution in [-0.2, 0) is 0 Å². The van der Waals surface area contributed by atoms with Crippen molar-refractivity contribution in [1.29, 1.82) is 0 Å². The van der Waals surface area contributed by atoms with Gasteiger partial charge in [0.25, 0.3) is 5.69 Å². The highest BCUT2D eigenvalue weighted by atomic mass is 16.6. The molecule has 1 aromatic carbocycles. The van der Waals surface area contributed by atoms with Gasteiger partial charge >= 0.3 is 0 Å². The Kier molecular flexibility index (Phi) is 2.60. The minimum Gasteiger partial charge on any atom is -0.460 e. The fraction of sp³-hybridized carbons (Fsp3) is 0.429. The number of rotatable bonds is 1. The molecule has 100 valence electrons. The second-order valence-electron chi connectivity index (χ2n) is 5.33. The van der Waals surface area contributed by atoms with Crippen LogP contribution in [0.4, 0.5) is 5.69 Å². The third kappa shape index (κ3) is 1.73. The summed E-state index contributed by atoms with van der Waals surface area (Å²) in [5.41, 5.74) is 1.95. The summed E-state index contributed by atoms with van der Waals surface area (Å²) >= 11 is 0. The summed E-state index contributed by atoms with van der Waals surface area (Å²) in [6.45, 7) is 5.17. The van der Waals surface area contributed by atoms with Crippen LogP contribution in [0.25, 0.3) is 11.0 Å². The number of nitro groups is 1. The van der Waals surface area contributed by atoms with Crippen LogP contribution in [0.2, 0.25) is 0 Å². The third-order valence-corrected chi connectivity index (χ3v) is 4.04. The topological polar surface area (TPSA) is 59.5 Å². The molecule has 0 aliphatic carbocycles. The average molecular weight is 260 g/mol. The van der Waals surface area contributed by atoms with Gasteiger partial charge in [-0.05, 0) is 20.0 Å². The Labute approximate surface area is 111 Å². The first kappa shape index (κ1) is 12.2. The van der Waals surface area contributed by atoms with E-state index in [0.29, 0.717) is 5.92 Å². The largest absolute Gasteiger partial charge is 0.460 e. The predicted octanol–water partition coefficient (Wildman–Crippen LogP) is 3.45. The Morgan fingerprint density at radius 1 is 1.42 bits per heavy atom. The lowest BCUT2D eigenvalue weighted by molar-refractivity contribution is -0.384. The monoisotopic (exact) mass is 260 g/mol. The molecule has 0 saturated carbocycles. The molecule has 2 atom stereocenters. The van der Waals surface area contributed by atoms with Gasteiger partial charge in [0.2, 0.25) is 0 Å². The van der Waals surface area contributed by atoms with E-state index in [-0.39, 0.29) is 16.7 Å². The van der Waals surface area contributed by atoms with E-state index in [1.54, 1.807) is 12.1 Å². The lowest BCUT2D eigenvalue weighted by Crippen LogP contribution is -2.31. The molecule has 0 unspecified atom stereocenters. The summed E-state index contributed by atoms with van der Waals surface area (Å²) in [6, 6.07) is 5.04. The summed E-state index contributed by atoms with van der Waals surface area (Å²) in [4.78, 5) is 12.8. The van der Waals surface area contributed by atoms with Gasteiger partial charge in [-0.25, -0.2) is 0 Å². The van der Waals surface area contributed by atoms with Crippen LogP contribution >= 0.6 is 0 Å². The quantitative estimate of drug-likeness (QED) is 0.582. The number of fused-ring (bicyclic) bond motifs is 3. The molecule has 0 fully saturated rings. The van der Waals surface area contributed by atoms with Crippen molar-refractivity contribution in [2.24, 2.45) is 0 Å². The van der Waals surface area contributed by atoms with Crippen LogP contribution in [0.5, 0.6) is 0 Å². The average Bonchev–Trinajstić information content (AvgIpc) is 2.75. The molecule has 0 radical (unpaired) electrons. The maximum atomic E-state index is 10.9. The number of hydrogen-bond acceptors (Lipinski definition) is 4. The maximum Gasteiger partial charge on any atom is 0.270 e. The van der Waals surface area contributed by atoms with E-state index in [4.69, 9.17) is 4.42 Å². The van der Waals surface area contributed by atoms with E-state index >= 15 is 0 Å². The third-order valence-electron chi connectivity index (χ3n) is 4.04. The lowest BCUT2D eigenvalue weighted by Gasteiger charge is -2.32. The number of non-ortho nitro benzene ring substituents is 1. The van der Waals surface area contributed by atoms with Crippen LogP contribution in [0.1, 0.15) is 37.1 Å². The van der Waals surface area contributed by atoms with Crippen molar-refractivity contribution >= 4 is 16.7 Å². The van der Waals surface area contributed by atoms with E-state index in [1.165, 1.54) is 6.07 Å². The number of nitro benzene ring substituents is 1. The van der Waals surface area contributed by atoms with Gasteiger partial charge in [0, 0.05) is 41.6 Å². The van der Waals surface area contributed by atoms with Crippen LogP contribution in [-0.4, -0.2) is 23.4 Å². The molecule has 3 rings (SSSR count). The van der Waals surface area contributed by atoms with E-state index in [2.05, 4.69) is 25.8 Å². The highest BCUT2D eigenvalue weighted by molar-refractivity contribution is 5.85. The molecule has 5 nitrogen and oxygen atoms in total. The van der Waals surface area contributed by atoms with E-state index in [1.807, 2.05) is 0 Å². The number of furan rings is 1. The molecule has 0 bridgehead atoms. The SMILES string of the molecule is C[C@@H]1c2c(oc3ccc([N+](=O)[O-])cc23)[C@@H](C)CN1C. The van der Waals surface area contributed by atoms with Crippen molar-refractivity contribution in [3.05, 3.63) is 39.6 Å². The molecule has 1 aliphatic rings. The number of benzene rings is 1. The Morgan fingerprint density at radius 3 is 2.84 bits per heavy atom. The molecule has 1 aliphatic heterocycles. The minimum atomic E-state index is -0.362. The van der Waals surface area contributed by atoms with E-state index < -0.39 is 0 Å². The molecule has 19 heavy (non-hydrogen) atoms. The van der Waals surface area contributed by atoms with Crippen molar-refractivity contribution in [2.45, 2.75) is 25.8 Å². The van der Waals surface area contributed by atoms with E-state index in [0.717, 1.165) is 28.8 Å². The zero-order valence-corrected chi connectivity index (χ0v) is 11.2. The zero-order chi connectivity index (χ0) is 13.7. The fourth-order valence-electron chi connectivity index (χ4n) is 2.93. The standard InChI is InChI=1S/C14H16N2O3/c1-8-7-15(3)9(2)13-11-6-10(16(17)18)4-5-12(11)19-14(8)13/h4-6,8-9H,7H2,1-3H3/t8-,9+/m0/s1. The van der Waals surface area contributed by atoms with Crippen molar-refractivity contribution < 1.29 is 9.34 Å². The summed E-state index contributed by atoms with van der Waals surface area (Å²) in [7, 11) is 2.07. The van der Waals surface area contributed by atoms with Gasteiger partial charge in [0.05, 0.1) is 4.92 Å². The Morgan fingerprint density at radius 2 is 2.16 bits per heavy atom. The van der Waals surface area contributed by atoms with Gasteiger partial charge in [-0.3, -0.25) is 15.0 Å². The molecule has 2 aromatic rings. The fourth-order valence-corrected chi connectivity index (χ4v) is 2.93. The highest BCUT2D eigenvalue weighted by Gasteiger charge is 2.32. The number of hydrogen-bond donors (Lipinski definition) is 0. The van der Waals surface area contributed by atoms with E-state index in [9.17, 15) is 10.1 Å². The lowest BCUT2D eigenvalue weighted by atomic mass is 9.92. The Balaban J connectivity index is 2.28. The first-order valence-electron chi connectivity index (χ1n) is 6.40. The van der Waals surface area contributed by atoms with Crippen LogP contribution in [0, 0.1) is 10.1 Å². The van der Waals surface area contributed by atoms with Gasteiger partial charge in [-0.15, -0.1) is 0 Å². The first-order valence-corrected chi connectivity index (χ1v) is 6.40. The predicted molar refractivity (Wildman–Crippen MR) is 72.3 cm³/mol. The second-order valence-corrected chi connectivity index (χ2v) is 5.33. The zero-order valence-electron chi connectivity index (χ0n) is 11.2. The van der Waals surface area contributed by atoms with Gasteiger partial charge in [-0.1, -0.05) is 6.92 Å². The normalized spacial score (nSPS) is 23.5. The molecule has 0 amide bonds. The van der Waals surface area contributed by atoms with Crippen molar-refractivity contribution in [3.8, 4) is 0 Å². The van der Waals surface area contributed by atoms with Crippen LogP contribution in [0.3, 0.4) is 0 Å². The molecular weight excluding hydrogens is 244 g/mol. The summed E-state index contributed by atoms with van der Waals surface area (Å²) < 4.78 is 5.91. The molecule has 0 saturated heterocycles. The molecule has 2 heterocycles. The van der Waals surface area contributed by atoms with Crippen molar-refractivity contribution in [3.63, 3.8) is 0 Å². The van der Waals surface area contributed by atoms with Gasteiger partial charge in [-0.2, -0.15) is 0 Å². The van der Waals surface area contributed by atoms with Gasteiger partial charge < -0.3 is 4.42 Å². The Hall–Kier alpha value is -1.88. The molecule has 0 spiro atoms. The number of likely N-dealkylation sites (N-methyl/N-ethyl adjacent to an activating group) is 1. The van der Waals surface area contributed by atoms with Crippen LogP contribution < -0.4 is 0 Å². The van der Waals surface area contributed by atoms with Crippen molar-refractivity contribution in [2.75, 3.05) is 13.6 Å². The van der Waals surface area contributed by atoms with Gasteiger partial charge in [0.1, 0.15) is 11.3 Å². The first-order chi connectivity index (χ1) is 8.99. The minimum absolute atomic E-state index is 0.115. The van der Waals surface area contributed by atoms with Gasteiger partial charge in [0.15, 0.2) is 0 Å². The maximum absolute atomic E-state index is 10.9. The second kappa shape index (κ2) is 4.06. The summed E-state index contributed by atoms with van der Waals surface area (Å²) in [5.74, 6) is 1.28. The smallest absolute Gasteiger partial charge is 0.270 e. The summed E-state index contributed by atoms with van der Waals surface area (Å²) in [6.07, 6.45) is 0. The Bertz CT molecular complexity index is 662. The molecule has 5 heteroatoms.